The average Bonchev–Trinajstić information content (AvgIpc) is 3.60. The van der Waals surface area contributed by atoms with Gasteiger partial charge in [0.15, 0.2) is 5.82 Å². The quantitative estimate of drug-likeness (QED) is 0.290. The molecule has 4 heterocycles. The Bertz CT molecular complexity index is 2570. The summed E-state index contributed by atoms with van der Waals surface area (Å²) in [4.78, 5) is 10.7. The van der Waals surface area contributed by atoms with E-state index in [1.165, 1.54) is 69.9 Å². The van der Waals surface area contributed by atoms with Gasteiger partial charge in [0.2, 0.25) is 0 Å². The van der Waals surface area contributed by atoms with Gasteiger partial charge in [-0.15, -0.1) is 16.8 Å². The highest BCUT2D eigenvalue weighted by atomic mass is 32.1. The SMILES string of the molecule is Bc1c(B)c(B)c2c(-c3ccccc3)nc(-c3ccc4c(c3)C(C)(C)c3cccc5c6sc7ccccc7c6n-4c35)nc2c1B. The van der Waals surface area contributed by atoms with E-state index >= 15 is 0 Å². The fourth-order valence-corrected chi connectivity index (χ4v) is 8.94. The van der Waals surface area contributed by atoms with Crippen molar-refractivity contribution in [2.24, 2.45) is 0 Å². The zero-order chi connectivity index (χ0) is 30.8. The first kappa shape index (κ1) is 26.8. The van der Waals surface area contributed by atoms with Crippen LogP contribution in [-0.4, -0.2) is 45.9 Å². The van der Waals surface area contributed by atoms with Crippen LogP contribution in [0.2, 0.25) is 0 Å². The number of hydrogen-bond donors (Lipinski definition) is 0. The third-order valence-corrected chi connectivity index (χ3v) is 11.7. The normalized spacial score (nSPS) is 13.6. The fraction of sp³-hybridized carbons (Fsp3) is 0.0811. The van der Waals surface area contributed by atoms with E-state index in [1.807, 2.05) is 11.3 Å². The highest BCUT2D eigenvalue weighted by molar-refractivity contribution is 7.26. The summed E-state index contributed by atoms with van der Waals surface area (Å²) in [5.41, 5.74) is 15.6. The molecule has 8 aromatic rings. The van der Waals surface area contributed by atoms with Gasteiger partial charge in [-0.05, 0) is 35.4 Å². The predicted molar refractivity (Wildman–Crippen MR) is 205 cm³/mol. The number of fused-ring (bicyclic) bond motifs is 8. The Morgan fingerprint density at radius 1 is 0.644 bits per heavy atom. The molecule has 3 nitrogen and oxygen atoms in total. The van der Waals surface area contributed by atoms with Crippen molar-refractivity contribution in [3.05, 3.63) is 102 Å². The van der Waals surface area contributed by atoms with Gasteiger partial charge in [0.1, 0.15) is 31.4 Å². The summed E-state index contributed by atoms with van der Waals surface area (Å²) in [6.45, 7) is 4.73. The highest BCUT2D eigenvalue weighted by Gasteiger charge is 2.36. The molecule has 0 atom stereocenters. The van der Waals surface area contributed by atoms with Crippen LogP contribution in [0.15, 0.2) is 91.0 Å². The molecule has 9 rings (SSSR count). The van der Waals surface area contributed by atoms with Gasteiger partial charge in [-0.3, -0.25) is 0 Å². The molecule has 45 heavy (non-hydrogen) atoms. The molecule has 0 N–H and O–H groups in total. The van der Waals surface area contributed by atoms with Gasteiger partial charge in [-0.2, -0.15) is 0 Å². The van der Waals surface area contributed by atoms with E-state index in [4.69, 9.17) is 9.97 Å². The molecule has 5 aromatic carbocycles. The molecule has 0 fully saturated rings. The molecular formula is C37H29B4N3S. The van der Waals surface area contributed by atoms with E-state index in [1.54, 1.807) is 0 Å². The van der Waals surface area contributed by atoms with E-state index < -0.39 is 0 Å². The third-order valence-electron chi connectivity index (χ3n) is 10.5. The molecule has 0 amide bonds. The molecule has 3 aromatic heterocycles. The topological polar surface area (TPSA) is 30.7 Å². The van der Waals surface area contributed by atoms with Crippen LogP contribution in [0.25, 0.3) is 70.4 Å². The van der Waals surface area contributed by atoms with Gasteiger partial charge in [0.05, 0.1) is 32.6 Å². The lowest BCUT2D eigenvalue weighted by atomic mass is 9.65. The Morgan fingerprint density at radius 3 is 2.20 bits per heavy atom. The van der Waals surface area contributed by atoms with Crippen LogP contribution in [0, 0.1) is 0 Å². The molecule has 0 bridgehead atoms. The van der Waals surface area contributed by atoms with Crippen molar-refractivity contribution in [3.8, 4) is 28.3 Å². The van der Waals surface area contributed by atoms with E-state index in [0.717, 1.165) is 33.5 Å². The first-order valence-corrected chi connectivity index (χ1v) is 16.5. The van der Waals surface area contributed by atoms with Crippen molar-refractivity contribution < 1.29 is 0 Å². The number of para-hydroxylation sites is 1. The second-order valence-corrected chi connectivity index (χ2v) is 14.2. The zero-order valence-electron chi connectivity index (χ0n) is 26.4. The summed E-state index contributed by atoms with van der Waals surface area (Å²) in [6, 6.07) is 33.1. The molecule has 0 aliphatic carbocycles. The molecule has 1 aliphatic heterocycles. The number of benzene rings is 5. The summed E-state index contributed by atoms with van der Waals surface area (Å²) < 4.78 is 5.22. The monoisotopic (exact) mass is 591 g/mol. The Morgan fingerprint density at radius 2 is 1.38 bits per heavy atom. The minimum atomic E-state index is -0.198. The summed E-state index contributed by atoms with van der Waals surface area (Å²) in [5, 5.41) is 3.81. The van der Waals surface area contributed by atoms with E-state index in [9.17, 15) is 0 Å². The van der Waals surface area contributed by atoms with Gasteiger partial charge in [0, 0.05) is 37.4 Å². The van der Waals surface area contributed by atoms with Gasteiger partial charge in [-0.1, -0.05) is 97.0 Å². The molecule has 0 unspecified atom stereocenters. The summed E-state index contributed by atoms with van der Waals surface area (Å²) in [5.74, 6) is 0.772. The molecule has 0 saturated carbocycles. The van der Waals surface area contributed by atoms with Crippen molar-refractivity contribution in [1.82, 2.24) is 14.5 Å². The second kappa shape index (κ2) is 9.24. The van der Waals surface area contributed by atoms with Crippen LogP contribution in [0.4, 0.5) is 0 Å². The molecule has 210 valence electrons. The van der Waals surface area contributed by atoms with Crippen molar-refractivity contribution in [2.45, 2.75) is 19.3 Å². The van der Waals surface area contributed by atoms with Crippen LogP contribution in [0.5, 0.6) is 0 Å². The van der Waals surface area contributed by atoms with Crippen molar-refractivity contribution in [2.75, 3.05) is 0 Å². The molecule has 0 saturated heterocycles. The lowest BCUT2D eigenvalue weighted by molar-refractivity contribution is 0.630. The van der Waals surface area contributed by atoms with Crippen LogP contribution in [0.1, 0.15) is 25.0 Å². The number of aromatic nitrogens is 3. The number of rotatable bonds is 2. The minimum Gasteiger partial charge on any atom is -0.307 e. The van der Waals surface area contributed by atoms with E-state index in [-0.39, 0.29) is 5.41 Å². The maximum absolute atomic E-state index is 5.35. The van der Waals surface area contributed by atoms with E-state index in [2.05, 4.69) is 141 Å². The standard InChI is InChI=1S/C37H29B4N3S/c1-37(2)22-13-8-12-21-33(22)44(34-20-11-6-7-14-25(20)45-35(21)34)24-16-15-19(17-23(24)37)36-42-31(18-9-4-3-5-10-18)26-27(38)28(39)29(40)30(41)32(26)43-36/h3-17H,38-41H2,1-2H3. The Hall–Kier alpha value is -4.54. The maximum Gasteiger partial charge on any atom is 0.160 e. The molecule has 1 aliphatic rings. The minimum absolute atomic E-state index is 0.198. The van der Waals surface area contributed by atoms with Crippen LogP contribution < -0.4 is 21.9 Å². The second-order valence-electron chi connectivity index (χ2n) is 13.2. The third kappa shape index (κ3) is 3.52. The summed E-state index contributed by atoms with van der Waals surface area (Å²) >= 11 is 1.90. The first-order valence-electron chi connectivity index (χ1n) is 15.7. The average molecular weight is 591 g/mol. The van der Waals surface area contributed by atoms with Gasteiger partial charge in [-0.25, -0.2) is 9.97 Å². The number of nitrogens with zero attached hydrogens (tertiary/aromatic N) is 3. The van der Waals surface area contributed by atoms with Crippen LogP contribution >= 0.6 is 11.3 Å². The summed E-state index contributed by atoms with van der Waals surface area (Å²) in [7, 11) is 8.85. The van der Waals surface area contributed by atoms with Crippen molar-refractivity contribution in [3.63, 3.8) is 0 Å². The Kier molecular flexibility index (Phi) is 5.51. The largest absolute Gasteiger partial charge is 0.307 e. The van der Waals surface area contributed by atoms with Crippen molar-refractivity contribution in [1.29, 1.82) is 0 Å². The Balaban J connectivity index is 1.35. The number of thiophene rings is 1. The molecular weight excluding hydrogens is 562 g/mol. The van der Waals surface area contributed by atoms with E-state index in [0.29, 0.717) is 0 Å². The molecule has 8 heteroatoms. The van der Waals surface area contributed by atoms with Gasteiger partial charge < -0.3 is 4.57 Å². The Labute approximate surface area is 270 Å². The zero-order valence-corrected chi connectivity index (χ0v) is 27.2. The van der Waals surface area contributed by atoms with Crippen LogP contribution in [0.3, 0.4) is 0 Å². The maximum atomic E-state index is 5.35. The lowest BCUT2D eigenvalue weighted by Gasteiger charge is -2.35. The molecule has 0 radical (unpaired) electrons. The lowest BCUT2D eigenvalue weighted by Crippen LogP contribution is -2.48. The first-order chi connectivity index (χ1) is 21.8. The predicted octanol–water partition coefficient (Wildman–Crippen LogP) is 2.95. The smallest absolute Gasteiger partial charge is 0.160 e. The van der Waals surface area contributed by atoms with Crippen molar-refractivity contribution >= 4 is 107 Å². The highest BCUT2D eigenvalue weighted by Crippen LogP contribution is 2.51. The number of hydrogen-bond acceptors (Lipinski definition) is 3. The summed E-state index contributed by atoms with van der Waals surface area (Å²) in [6.07, 6.45) is 0. The fourth-order valence-electron chi connectivity index (χ4n) is 7.73. The van der Waals surface area contributed by atoms with Crippen LogP contribution in [-0.2, 0) is 5.41 Å². The van der Waals surface area contributed by atoms with Gasteiger partial charge >= 0.3 is 0 Å². The molecule has 0 spiro atoms. The van der Waals surface area contributed by atoms with Gasteiger partial charge in [0.25, 0.3) is 0 Å².